The van der Waals surface area contributed by atoms with Crippen molar-refractivity contribution in [2.45, 2.75) is 26.0 Å². The van der Waals surface area contributed by atoms with E-state index in [-0.39, 0.29) is 18.3 Å². The number of carbonyl (C=O) groups is 1. The molecular formula is C23H25NO4. The summed E-state index contributed by atoms with van der Waals surface area (Å²) in [5.74, 6) is 2.43. The van der Waals surface area contributed by atoms with Crippen LogP contribution in [0.1, 0.15) is 34.7 Å². The molecule has 146 valence electrons. The number of nitrogens with zero attached hydrogens (tertiary/aromatic N) is 1. The van der Waals surface area contributed by atoms with E-state index in [4.69, 9.17) is 14.3 Å². The molecule has 1 atom stereocenters. The zero-order valence-corrected chi connectivity index (χ0v) is 16.1. The standard InChI is InChI=1S/C23H25NO4/c1-27-20-7-6-16-11-18(5-4-17(16)12-20)23(26)19-3-2-10-24(13-19)14-21-8-9-22(15-25)28-21/h4-9,11-12,19,25H,2-3,10,13-15H2,1H3/t19-/m0/s1. The van der Waals surface area contributed by atoms with Gasteiger partial charge in [0.25, 0.3) is 0 Å². The minimum atomic E-state index is -0.0883. The van der Waals surface area contributed by atoms with E-state index in [1.807, 2.05) is 42.5 Å². The van der Waals surface area contributed by atoms with E-state index >= 15 is 0 Å². The molecule has 0 aliphatic carbocycles. The molecule has 0 bridgehead atoms. The number of piperidine rings is 1. The first-order valence-electron chi connectivity index (χ1n) is 9.69. The number of carbonyl (C=O) groups excluding carboxylic acids is 1. The number of likely N-dealkylation sites (tertiary alicyclic amines) is 1. The highest BCUT2D eigenvalue weighted by atomic mass is 16.5. The van der Waals surface area contributed by atoms with Crippen LogP contribution in [0.2, 0.25) is 0 Å². The normalized spacial score (nSPS) is 17.7. The number of ether oxygens (including phenoxy) is 1. The number of aliphatic hydroxyl groups is 1. The van der Waals surface area contributed by atoms with E-state index in [1.54, 1.807) is 13.2 Å². The van der Waals surface area contributed by atoms with Crippen molar-refractivity contribution in [3.63, 3.8) is 0 Å². The van der Waals surface area contributed by atoms with Crippen molar-refractivity contribution in [2.24, 2.45) is 5.92 Å². The number of aliphatic hydroxyl groups excluding tert-OH is 1. The summed E-state index contributed by atoms with van der Waals surface area (Å²) in [6.07, 6.45) is 1.91. The number of hydrogen-bond acceptors (Lipinski definition) is 5. The van der Waals surface area contributed by atoms with Crippen LogP contribution in [0.25, 0.3) is 10.8 Å². The van der Waals surface area contributed by atoms with Gasteiger partial charge in [-0.2, -0.15) is 0 Å². The molecule has 1 aliphatic rings. The minimum absolute atomic E-state index is 0.00303. The van der Waals surface area contributed by atoms with Gasteiger partial charge in [0.2, 0.25) is 0 Å². The molecule has 0 radical (unpaired) electrons. The number of ketones is 1. The van der Waals surface area contributed by atoms with Gasteiger partial charge in [-0.05, 0) is 60.5 Å². The number of fused-ring (bicyclic) bond motifs is 1. The summed E-state index contributed by atoms with van der Waals surface area (Å²) < 4.78 is 10.9. The topological polar surface area (TPSA) is 62.9 Å². The highest BCUT2D eigenvalue weighted by Gasteiger charge is 2.27. The molecule has 5 nitrogen and oxygen atoms in total. The summed E-state index contributed by atoms with van der Waals surface area (Å²) in [5.41, 5.74) is 0.769. The van der Waals surface area contributed by atoms with Crippen molar-refractivity contribution >= 4 is 16.6 Å². The van der Waals surface area contributed by atoms with Crippen LogP contribution in [0.4, 0.5) is 0 Å². The van der Waals surface area contributed by atoms with E-state index in [0.29, 0.717) is 12.3 Å². The van der Waals surface area contributed by atoms with Crippen LogP contribution >= 0.6 is 0 Å². The van der Waals surface area contributed by atoms with Crippen LogP contribution in [-0.2, 0) is 13.2 Å². The zero-order valence-electron chi connectivity index (χ0n) is 16.1. The van der Waals surface area contributed by atoms with Crippen molar-refractivity contribution in [3.05, 3.63) is 65.6 Å². The maximum Gasteiger partial charge on any atom is 0.167 e. The first-order chi connectivity index (χ1) is 13.7. The Labute approximate surface area is 164 Å². The van der Waals surface area contributed by atoms with Gasteiger partial charge in [0.1, 0.15) is 23.9 Å². The second kappa shape index (κ2) is 8.17. The summed E-state index contributed by atoms with van der Waals surface area (Å²) in [6.45, 7) is 2.27. The van der Waals surface area contributed by atoms with Crippen molar-refractivity contribution in [1.82, 2.24) is 4.90 Å². The Bertz CT molecular complexity index is 978. The Morgan fingerprint density at radius 1 is 1.14 bits per heavy atom. The number of hydrogen-bond donors (Lipinski definition) is 1. The largest absolute Gasteiger partial charge is 0.497 e. The lowest BCUT2D eigenvalue weighted by Gasteiger charge is -2.31. The fourth-order valence-electron chi connectivity index (χ4n) is 3.97. The molecule has 2 aromatic carbocycles. The molecule has 2 heterocycles. The fraction of sp³-hybridized carbons (Fsp3) is 0.348. The molecule has 1 aliphatic heterocycles. The maximum absolute atomic E-state index is 13.1. The zero-order chi connectivity index (χ0) is 19.5. The van der Waals surface area contributed by atoms with Gasteiger partial charge in [0.05, 0.1) is 13.7 Å². The maximum atomic E-state index is 13.1. The fourth-order valence-corrected chi connectivity index (χ4v) is 3.97. The van der Waals surface area contributed by atoms with Gasteiger partial charge in [0, 0.05) is 18.0 Å². The highest BCUT2D eigenvalue weighted by molar-refractivity contribution is 6.01. The van der Waals surface area contributed by atoms with Gasteiger partial charge < -0.3 is 14.3 Å². The third-order valence-corrected chi connectivity index (χ3v) is 5.46. The minimum Gasteiger partial charge on any atom is -0.497 e. The van der Waals surface area contributed by atoms with Crippen LogP contribution in [0.15, 0.2) is 52.9 Å². The summed E-state index contributed by atoms with van der Waals surface area (Å²) in [6, 6.07) is 15.5. The average Bonchev–Trinajstić information content (AvgIpc) is 3.20. The molecule has 0 amide bonds. The second-order valence-electron chi connectivity index (χ2n) is 7.39. The van der Waals surface area contributed by atoms with Crippen LogP contribution < -0.4 is 4.74 Å². The smallest absolute Gasteiger partial charge is 0.167 e. The van der Waals surface area contributed by atoms with E-state index < -0.39 is 0 Å². The first kappa shape index (κ1) is 18.7. The molecule has 0 spiro atoms. The summed E-state index contributed by atoms with van der Waals surface area (Å²) in [7, 11) is 1.65. The molecule has 3 aromatic rings. The second-order valence-corrected chi connectivity index (χ2v) is 7.39. The average molecular weight is 379 g/mol. The Hall–Kier alpha value is -2.63. The number of rotatable bonds is 6. The summed E-state index contributed by atoms with van der Waals surface area (Å²) in [5, 5.41) is 11.3. The van der Waals surface area contributed by atoms with Crippen molar-refractivity contribution in [3.8, 4) is 5.75 Å². The van der Waals surface area contributed by atoms with Crippen LogP contribution in [0, 0.1) is 5.92 Å². The lowest BCUT2D eigenvalue weighted by Crippen LogP contribution is -2.38. The van der Waals surface area contributed by atoms with Crippen LogP contribution in [0.5, 0.6) is 5.75 Å². The molecule has 5 heteroatoms. The lowest BCUT2D eigenvalue weighted by molar-refractivity contribution is 0.0801. The number of methoxy groups -OCH3 is 1. The van der Waals surface area contributed by atoms with E-state index in [0.717, 1.165) is 53.8 Å². The summed E-state index contributed by atoms with van der Waals surface area (Å²) in [4.78, 5) is 15.4. The quantitative estimate of drug-likeness (QED) is 0.655. The lowest BCUT2D eigenvalue weighted by atomic mass is 9.89. The van der Waals surface area contributed by atoms with E-state index in [1.165, 1.54) is 0 Å². The van der Waals surface area contributed by atoms with Gasteiger partial charge in [-0.3, -0.25) is 9.69 Å². The highest BCUT2D eigenvalue weighted by Crippen LogP contribution is 2.26. The molecule has 28 heavy (non-hydrogen) atoms. The van der Waals surface area contributed by atoms with Crippen molar-refractivity contribution in [2.75, 3.05) is 20.2 Å². The molecular weight excluding hydrogens is 354 g/mol. The number of furan rings is 1. The Balaban J connectivity index is 1.46. The third kappa shape index (κ3) is 3.96. The Morgan fingerprint density at radius 3 is 2.71 bits per heavy atom. The van der Waals surface area contributed by atoms with Crippen molar-refractivity contribution < 1.29 is 19.1 Å². The SMILES string of the molecule is COc1ccc2cc(C(=O)[C@H]3CCCN(Cc4ccc(CO)o4)C3)ccc2c1. The molecule has 0 saturated carbocycles. The molecule has 1 saturated heterocycles. The van der Waals surface area contributed by atoms with Crippen LogP contribution in [-0.4, -0.2) is 36.0 Å². The van der Waals surface area contributed by atoms with Crippen LogP contribution in [0.3, 0.4) is 0 Å². The molecule has 0 unspecified atom stereocenters. The molecule has 1 N–H and O–H groups in total. The van der Waals surface area contributed by atoms with E-state index in [2.05, 4.69) is 4.90 Å². The van der Waals surface area contributed by atoms with Gasteiger partial charge in [-0.1, -0.05) is 18.2 Å². The number of Topliss-reactive ketones (excluding diaryl/α,β-unsaturated/α-hetero) is 1. The monoisotopic (exact) mass is 379 g/mol. The van der Waals surface area contributed by atoms with Gasteiger partial charge in [-0.25, -0.2) is 0 Å². The van der Waals surface area contributed by atoms with Gasteiger partial charge >= 0.3 is 0 Å². The molecule has 1 aromatic heterocycles. The van der Waals surface area contributed by atoms with Gasteiger partial charge in [-0.15, -0.1) is 0 Å². The third-order valence-electron chi connectivity index (χ3n) is 5.46. The molecule has 1 fully saturated rings. The summed E-state index contributed by atoms with van der Waals surface area (Å²) >= 11 is 0. The Morgan fingerprint density at radius 2 is 1.93 bits per heavy atom. The number of benzene rings is 2. The predicted octanol–water partition coefficient (Wildman–Crippen LogP) is 4.03. The Kier molecular flexibility index (Phi) is 5.46. The van der Waals surface area contributed by atoms with Crippen molar-refractivity contribution in [1.29, 1.82) is 0 Å². The molecule has 4 rings (SSSR count). The first-order valence-corrected chi connectivity index (χ1v) is 9.69. The van der Waals surface area contributed by atoms with Gasteiger partial charge in [0.15, 0.2) is 5.78 Å². The van der Waals surface area contributed by atoms with E-state index in [9.17, 15) is 4.79 Å². The predicted molar refractivity (Wildman–Crippen MR) is 107 cm³/mol.